The lowest BCUT2D eigenvalue weighted by Crippen LogP contribution is -2.17. The number of nitrogens with two attached hydrogens (primary N) is 1. The quantitative estimate of drug-likeness (QED) is 0.739. The molecule has 0 radical (unpaired) electrons. The van der Waals surface area contributed by atoms with Crippen LogP contribution in [0.15, 0.2) is 6.07 Å². The topological polar surface area (TPSA) is 76.2 Å². The lowest BCUT2D eigenvalue weighted by atomic mass is 9.90. The first-order chi connectivity index (χ1) is 6.73. The second-order valence-electron chi connectivity index (χ2n) is 4.62. The highest BCUT2D eigenvalue weighted by Crippen LogP contribution is 2.25. The zero-order chi connectivity index (χ0) is 11.8. The fraction of sp³-hybridized carbons (Fsp3) is 0.455. The van der Waals surface area contributed by atoms with Crippen LogP contribution in [0.25, 0.3) is 0 Å². The van der Waals surface area contributed by atoms with Crippen molar-refractivity contribution in [2.45, 2.75) is 33.1 Å². The minimum Gasteiger partial charge on any atom is -0.478 e. The van der Waals surface area contributed by atoms with Crippen molar-refractivity contribution >= 4 is 11.8 Å². The first kappa shape index (κ1) is 11.5. The maximum Gasteiger partial charge on any atom is 0.336 e. The number of pyridine rings is 1. The number of anilines is 1. The number of aromatic carboxylic acids is 1. The van der Waals surface area contributed by atoms with E-state index in [-0.39, 0.29) is 11.0 Å². The van der Waals surface area contributed by atoms with Gasteiger partial charge < -0.3 is 10.8 Å². The first-order valence-corrected chi connectivity index (χ1v) is 4.74. The van der Waals surface area contributed by atoms with Crippen molar-refractivity contribution in [3.63, 3.8) is 0 Å². The van der Waals surface area contributed by atoms with Crippen LogP contribution in [0.3, 0.4) is 0 Å². The minimum absolute atomic E-state index is 0.202. The highest BCUT2D eigenvalue weighted by atomic mass is 16.4. The van der Waals surface area contributed by atoms with Gasteiger partial charge in [-0.2, -0.15) is 0 Å². The van der Waals surface area contributed by atoms with Crippen LogP contribution in [0.5, 0.6) is 0 Å². The summed E-state index contributed by atoms with van der Waals surface area (Å²) in [6.45, 7) is 7.57. The molecule has 0 spiro atoms. The number of hydrogen-bond acceptors (Lipinski definition) is 3. The van der Waals surface area contributed by atoms with Gasteiger partial charge in [-0.25, -0.2) is 9.78 Å². The minimum atomic E-state index is -0.966. The van der Waals surface area contributed by atoms with E-state index in [1.165, 1.54) is 0 Å². The van der Waals surface area contributed by atoms with Gasteiger partial charge in [-0.15, -0.1) is 0 Å². The molecule has 4 heteroatoms. The molecule has 0 amide bonds. The van der Waals surface area contributed by atoms with Crippen molar-refractivity contribution in [3.05, 3.63) is 22.9 Å². The molecule has 0 bridgehead atoms. The molecule has 1 heterocycles. The van der Waals surface area contributed by atoms with Crippen molar-refractivity contribution in [2.75, 3.05) is 5.73 Å². The zero-order valence-corrected chi connectivity index (χ0v) is 9.46. The Labute approximate surface area is 89.1 Å². The van der Waals surface area contributed by atoms with Crippen molar-refractivity contribution in [3.8, 4) is 0 Å². The van der Waals surface area contributed by atoms with Gasteiger partial charge in [0.25, 0.3) is 0 Å². The molecule has 0 aliphatic carbocycles. The van der Waals surface area contributed by atoms with E-state index in [0.29, 0.717) is 17.1 Å². The van der Waals surface area contributed by atoms with Crippen molar-refractivity contribution < 1.29 is 9.90 Å². The van der Waals surface area contributed by atoms with Crippen LogP contribution >= 0.6 is 0 Å². The number of carboxylic acids is 1. The Morgan fingerprint density at radius 3 is 2.40 bits per heavy atom. The predicted molar refractivity (Wildman–Crippen MR) is 59.0 cm³/mol. The highest BCUT2D eigenvalue weighted by Gasteiger charge is 2.20. The van der Waals surface area contributed by atoms with Crippen LogP contribution in [0.1, 0.15) is 42.4 Å². The number of carbonyl (C=O) groups is 1. The smallest absolute Gasteiger partial charge is 0.336 e. The summed E-state index contributed by atoms with van der Waals surface area (Å²) < 4.78 is 0. The second-order valence-corrected chi connectivity index (χ2v) is 4.62. The largest absolute Gasteiger partial charge is 0.478 e. The van der Waals surface area contributed by atoms with Crippen LogP contribution in [0.4, 0.5) is 5.82 Å². The third-order valence-electron chi connectivity index (χ3n) is 2.31. The molecule has 1 rings (SSSR count). The molecule has 0 fully saturated rings. The molecule has 0 unspecified atom stereocenters. The molecule has 0 saturated heterocycles. The fourth-order valence-electron chi connectivity index (χ4n) is 1.24. The average Bonchev–Trinajstić information content (AvgIpc) is 2.06. The van der Waals surface area contributed by atoms with Crippen LogP contribution in [0.2, 0.25) is 0 Å². The van der Waals surface area contributed by atoms with Gasteiger partial charge in [0.1, 0.15) is 5.82 Å². The van der Waals surface area contributed by atoms with E-state index in [2.05, 4.69) is 4.98 Å². The molecule has 0 aliphatic rings. The summed E-state index contributed by atoms with van der Waals surface area (Å²) in [6.07, 6.45) is 0. The third-order valence-corrected chi connectivity index (χ3v) is 2.31. The lowest BCUT2D eigenvalue weighted by molar-refractivity contribution is 0.0696. The summed E-state index contributed by atoms with van der Waals surface area (Å²) in [5, 5.41) is 9.00. The molecule has 4 nitrogen and oxygen atoms in total. The zero-order valence-electron chi connectivity index (χ0n) is 9.46. The molecule has 0 aromatic carbocycles. The van der Waals surface area contributed by atoms with E-state index < -0.39 is 5.97 Å². The molecule has 0 atom stereocenters. The van der Waals surface area contributed by atoms with E-state index in [1.807, 2.05) is 20.8 Å². The first-order valence-electron chi connectivity index (χ1n) is 4.74. The molecule has 1 aromatic rings. The predicted octanol–water partition coefficient (Wildman–Crippen LogP) is 1.97. The monoisotopic (exact) mass is 208 g/mol. The summed E-state index contributed by atoms with van der Waals surface area (Å²) >= 11 is 0. The van der Waals surface area contributed by atoms with Gasteiger partial charge in [-0.3, -0.25) is 0 Å². The Morgan fingerprint density at radius 1 is 1.47 bits per heavy atom. The van der Waals surface area contributed by atoms with Gasteiger partial charge in [0.2, 0.25) is 0 Å². The second kappa shape index (κ2) is 3.53. The third kappa shape index (κ3) is 2.26. The average molecular weight is 208 g/mol. The molecule has 3 N–H and O–H groups in total. The van der Waals surface area contributed by atoms with Crippen molar-refractivity contribution in [2.24, 2.45) is 0 Å². The molecular formula is C11H16N2O2. The molecular weight excluding hydrogens is 192 g/mol. The Kier molecular flexibility index (Phi) is 2.71. The van der Waals surface area contributed by atoms with Gasteiger partial charge in [0.05, 0.1) is 5.56 Å². The van der Waals surface area contributed by atoms with Crippen LogP contribution in [-0.2, 0) is 5.41 Å². The Morgan fingerprint density at radius 2 is 2.00 bits per heavy atom. The van der Waals surface area contributed by atoms with Gasteiger partial charge in [0, 0.05) is 16.7 Å². The summed E-state index contributed by atoms with van der Waals surface area (Å²) in [4.78, 5) is 15.2. The Hall–Kier alpha value is -1.58. The van der Waals surface area contributed by atoms with Gasteiger partial charge in [0.15, 0.2) is 0 Å². The van der Waals surface area contributed by atoms with Crippen LogP contribution < -0.4 is 5.73 Å². The number of nitrogens with zero attached hydrogens (tertiary/aromatic N) is 1. The number of hydrogen-bond donors (Lipinski definition) is 2. The molecule has 82 valence electrons. The number of carboxylic acid groups (broad SMARTS) is 1. The highest BCUT2D eigenvalue weighted by molar-refractivity contribution is 5.90. The SMILES string of the molecule is Cc1c(C(=O)O)cc(C(C)(C)C)nc1N. The van der Waals surface area contributed by atoms with E-state index >= 15 is 0 Å². The summed E-state index contributed by atoms with van der Waals surface area (Å²) in [7, 11) is 0. The maximum atomic E-state index is 11.0. The lowest BCUT2D eigenvalue weighted by Gasteiger charge is -2.19. The van der Waals surface area contributed by atoms with Crippen molar-refractivity contribution in [1.82, 2.24) is 4.98 Å². The van der Waals surface area contributed by atoms with Crippen LogP contribution in [-0.4, -0.2) is 16.1 Å². The van der Waals surface area contributed by atoms with E-state index in [0.717, 1.165) is 0 Å². The number of aromatic nitrogens is 1. The van der Waals surface area contributed by atoms with E-state index in [1.54, 1.807) is 13.0 Å². The maximum absolute atomic E-state index is 11.0. The normalized spacial score (nSPS) is 11.5. The van der Waals surface area contributed by atoms with Crippen molar-refractivity contribution in [1.29, 1.82) is 0 Å². The summed E-state index contributed by atoms with van der Waals surface area (Å²) in [6, 6.07) is 1.59. The molecule has 0 saturated carbocycles. The van der Waals surface area contributed by atoms with E-state index in [4.69, 9.17) is 10.8 Å². The van der Waals surface area contributed by atoms with E-state index in [9.17, 15) is 4.79 Å². The van der Waals surface area contributed by atoms with Gasteiger partial charge in [-0.1, -0.05) is 20.8 Å². The standard InChI is InChI=1S/C11H16N2O2/c1-6-7(10(14)15)5-8(11(2,3)4)13-9(6)12/h5H,1-4H3,(H2,12,13)(H,14,15). The van der Waals surface area contributed by atoms with Crippen LogP contribution in [0, 0.1) is 6.92 Å². The Bertz CT molecular complexity index is 406. The molecule has 0 aliphatic heterocycles. The van der Waals surface area contributed by atoms with Gasteiger partial charge in [-0.05, 0) is 13.0 Å². The summed E-state index contributed by atoms with van der Waals surface area (Å²) in [5.74, 6) is -0.674. The number of rotatable bonds is 1. The Balaban J connectivity index is 3.43. The molecule has 15 heavy (non-hydrogen) atoms. The summed E-state index contributed by atoms with van der Waals surface area (Å²) in [5.41, 5.74) is 6.93. The fourth-order valence-corrected chi connectivity index (χ4v) is 1.24. The van der Waals surface area contributed by atoms with Gasteiger partial charge >= 0.3 is 5.97 Å². The molecule has 1 aromatic heterocycles. The number of nitrogen functional groups attached to an aromatic ring is 1.